The summed E-state index contributed by atoms with van der Waals surface area (Å²) in [7, 11) is -1.74. The van der Waals surface area contributed by atoms with Crippen LogP contribution in [0.4, 0.5) is 5.69 Å². The molecule has 1 N–H and O–H groups in total. The molecular formula is C15H23N3O3S. The van der Waals surface area contributed by atoms with Crippen LogP contribution in [0.25, 0.3) is 0 Å². The van der Waals surface area contributed by atoms with Crippen LogP contribution in [0, 0.1) is 0 Å². The van der Waals surface area contributed by atoms with Crippen molar-refractivity contribution in [1.29, 1.82) is 0 Å². The number of rotatable bonds is 7. The van der Waals surface area contributed by atoms with Gasteiger partial charge in [0.05, 0.1) is 18.5 Å². The maximum Gasteiger partial charge on any atom is 0.232 e. The third-order valence-corrected chi connectivity index (χ3v) is 4.74. The molecule has 0 amide bonds. The summed E-state index contributed by atoms with van der Waals surface area (Å²) in [6, 6.07) is 5.50. The number of benzene rings is 1. The molecule has 0 unspecified atom stereocenters. The molecule has 0 aliphatic carbocycles. The average molecular weight is 325 g/mol. The summed E-state index contributed by atoms with van der Waals surface area (Å²) in [6.45, 7) is 4.06. The molecule has 1 heterocycles. The highest BCUT2D eigenvalue weighted by Gasteiger charge is 2.18. The fourth-order valence-corrected chi connectivity index (χ4v) is 2.88. The van der Waals surface area contributed by atoms with Crippen LogP contribution in [0.15, 0.2) is 23.2 Å². The summed E-state index contributed by atoms with van der Waals surface area (Å²) < 4.78 is 30.8. The van der Waals surface area contributed by atoms with E-state index >= 15 is 0 Å². The molecule has 22 heavy (non-hydrogen) atoms. The van der Waals surface area contributed by atoms with Crippen LogP contribution in [0.1, 0.15) is 18.9 Å². The smallest absolute Gasteiger partial charge is 0.232 e. The van der Waals surface area contributed by atoms with Gasteiger partial charge in [0.25, 0.3) is 0 Å². The van der Waals surface area contributed by atoms with Gasteiger partial charge in [-0.05, 0) is 18.6 Å². The Kier molecular flexibility index (Phi) is 5.28. The van der Waals surface area contributed by atoms with Gasteiger partial charge in [-0.3, -0.25) is 9.30 Å². The lowest BCUT2D eigenvalue weighted by molar-refractivity contribution is 0.369. The van der Waals surface area contributed by atoms with Gasteiger partial charge in [0.1, 0.15) is 18.2 Å². The van der Waals surface area contributed by atoms with Gasteiger partial charge < -0.3 is 10.1 Å². The Balaban J connectivity index is 2.28. The molecule has 2 rings (SSSR count). The van der Waals surface area contributed by atoms with Crippen LogP contribution in [0.5, 0.6) is 5.75 Å². The molecule has 1 aliphatic heterocycles. The highest BCUT2D eigenvalue weighted by atomic mass is 32.2. The molecule has 1 aromatic rings. The molecule has 0 radical (unpaired) electrons. The molecule has 1 aliphatic rings. The van der Waals surface area contributed by atoms with E-state index in [2.05, 4.69) is 17.2 Å². The molecule has 0 atom stereocenters. The first kappa shape index (κ1) is 16.6. The minimum Gasteiger partial charge on any atom is -0.485 e. The molecule has 7 heteroatoms. The van der Waals surface area contributed by atoms with E-state index in [1.807, 2.05) is 18.2 Å². The van der Waals surface area contributed by atoms with Crippen molar-refractivity contribution in [2.75, 3.05) is 37.3 Å². The number of sulfonamides is 1. The third kappa shape index (κ3) is 3.91. The zero-order valence-corrected chi connectivity index (χ0v) is 14.1. The monoisotopic (exact) mass is 325 g/mol. The van der Waals surface area contributed by atoms with E-state index < -0.39 is 10.0 Å². The Morgan fingerprint density at radius 3 is 2.77 bits per heavy atom. The molecule has 1 aromatic carbocycles. The first-order valence-electron chi connectivity index (χ1n) is 7.39. The van der Waals surface area contributed by atoms with E-state index in [4.69, 9.17) is 4.74 Å². The Morgan fingerprint density at radius 1 is 1.41 bits per heavy atom. The first-order chi connectivity index (χ1) is 10.4. The van der Waals surface area contributed by atoms with E-state index in [0.29, 0.717) is 18.0 Å². The molecule has 0 bridgehead atoms. The number of ether oxygens (including phenoxy) is 1. The summed E-state index contributed by atoms with van der Waals surface area (Å²) in [4.78, 5) is 4.30. The number of hydrogen-bond acceptors (Lipinski definition) is 5. The molecule has 6 nitrogen and oxygen atoms in total. The maximum atomic E-state index is 11.8. The molecule has 0 saturated heterocycles. The van der Waals surface area contributed by atoms with Crippen molar-refractivity contribution in [3.8, 4) is 5.75 Å². The topological polar surface area (TPSA) is 71.0 Å². The highest BCUT2D eigenvalue weighted by Crippen LogP contribution is 2.31. The number of nitrogens with zero attached hydrogens (tertiary/aromatic N) is 2. The van der Waals surface area contributed by atoms with Gasteiger partial charge in [0, 0.05) is 19.2 Å². The summed E-state index contributed by atoms with van der Waals surface area (Å²) in [5.74, 6) is 1.55. The predicted octanol–water partition coefficient (Wildman–Crippen LogP) is 1.42. The standard InChI is InChI=1S/C15H23N3O3S/c1-4-6-12-13(18(2)22(3,19)20)7-5-8-14(12)21-11-15-16-9-10-17-15/h5,7-8H,4,6,9-11H2,1-3H3,(H,16,17). The van der Waals surface area contributed by atoms with E-state index in [9.17, 15) is 8.42 Å². The number of hydrogen-bond donors (Lipinski definition) is 1. The zero-order chi connectivity index (χ0) is 16.2. The van der Waals surface area contributed by atoms with Crippen LogP contribution in [0.2, 0.25) is 0 Å². The summed E-state index contributed by atoms with van der Waals surface area (Å²) in [6.07, 6.45) is 2.86. The molecule has 0 spiro atoms. The minimum atomic E-state index is -3.30. The molecule has 0 aromatic heterocycles. The quantitative estimate of drug-likeness (QED) is 0.823. The van der Waals surface area contributed by atoms with Crippen molar-refractivity contribution in [1.82, 2.24) is 5.32 Å². The minimum absolute atomic E-state index is 0.378. The van der Waals surface area contributed by atoms with Crippen LogP contribution in [0.3, 0.4) is 0 Å². The second kappa shape index (κ2) is 7.00. The van der Waals surface area contributed by atoms with Crippen molar-refractivity contribution in [3.63, 3.8) is 0 Å². The number of anilines is 1. The van der Waals surface area contributed by atoms with E-state index in [1.54, 1.807) is 7.05 Å². The van der Waals surface area contributed by atoms with E-state index in [-0.39, 0.29) is 0 Å². The largest absolute Gasteiger partial charge is 0.485 e. The second-order valence-electron chi connectivity index (χ2n) is 5.28. The van der Waals surface area contributed by atoms with Gasteiger partial charge in [0.2, 0.25) is 10.0 Å². The maximum absolute atomic E-state index is 11.8. The fourth-order valence-electron chi connectivity index (χ4n) is 2.35. The Hall–Kier alpha value is -1.76. The van der Waals surface area contributed by atoms with E-state index in [1.165, 1.54) is 10.6 Å². The lowest BCUT2D eigenvalue weighted by Gasteiger charge is -2.22. The van der Waals surface area contributed by atoms with Gasteiger partial charge in [-0.2, -0.15) is 0 Å². The van der Waals surface area contributed by atoms with Crippen molar-refractivity contribution in [2.45, 2.75) is 19.8 Å². The van der Waals surface area contributed by atoms with Crippen molar-refractivity contribution in [2.24, 2.45) is 4.99 Å². The van der Waals surface area contributed by atoms with Crippen molar-refractivity contribution < 1.29 is 13.2 Å². The fraction of sp³-hybridized carbons (Fsp3) is 0.533. The molecule has 0 fully saturated rings. The zero-order valence-electron chi connectivity index (χ0n) is 13.3. The Bertz CT molecular complexity index is 656. The molecule has 0 saturated carbocycles. The van der Waals surface area contributed by atoms with Gasteiger partial charge in [-0.15, -0.1) is 0 Å². The third-order valence-electron chi connectivity index (χ3n) is 3.55. The molecular weight excluding hydrogens is 302 g/mol. The van der Waals surface area contributed by atoms with Crippen molar-refractivity contribution >= 4 is 21.5 Å². The van der Waals surface area contributed by atoms with Gasteiger partial charge in [-0.1, -0.05) is 19.4 Å². The predicted molar refractivity (Wildman–Crippen MR) is 89.5 cm³/mol. The number of aliphatic imine (C=N–C) groups is 1. The van der Waals surface area contributed by atoms with E-state index in [0.717, 1.165) is 37.3 Å². The second-order valence-corrected chi connectivity index (χ2v) is 7.29. The number of amidine groups is 1. The van der Waals surface area contributed by atoms with Gasteiger partial charge in [-0.25, -0.2) is 8.42 Å². The average Bonchev–Trinajstić information content (AvgIpc) is 2.98. The van der Waals surface area contributed by atoms with Gasteiger partial charge in [0.15, 0.2) is 0 Å². The molecule has 122 valence electrons. The highest BCUT2D eigenvalue weighted by molar-refractivity contribution is 7.92. The van der Waals surface area contributed by atoms with Crippen LogP contribution in [-0.2, 0) is 16.4 Å². The van der Waals surface area contributed by atoms with Crippen LogP contribution >= 0.6 is 0 Å². The summed E-state index contributed by atoms with van der Waals surface area (Å²) in [5.41, 5.74) is 1.58. The Labute approximate surface area is 132 Å². The summed E-state index contributed by atoms with van der Waals surface area (Å²) >= 11 is 0. The van der Waals surface area contributed by atoms with Crippen LogP contribution < -0.4 is 14.4 Å². The SMILES string of the molecule is CCCc1c(OCC2=NCCN2)cccc1N(C)S(C)(=O)=O. The Morgan fingerprint density at radius 2 is 2.18 bits per heavy atom. The summed E-state index contributed by atoms with van der Waals surface area (Å²) in [5, 5.41) is 3.16. The lowest BCUT2D eigenvalue weighted by Crippen LogP contribution is -2.27. The number of nitrogens with one attached hydrogen (secondary N) is 1. The van der Waals surface area contributed by atoms with Gasteiger partial charge >= 0.3 is 0 Å². The van der Waals surface area contributed by atoms with Crippen molar-refractivity contribution in [3.05, 3.63) is 23.8 Å². The van der Waals surface area contributed by atoms with Crippen LogP contribution in [-0.4, -0.2) is 47.3 Å². The normalized spacial score (nSPS) is 14.4. The lowest BCUT2D eigenvalue weighted by atomic mass is 10.1. The first-order valence-corrected chi connectivity index (χ1v) is 9.24.